The van der Waals surface area contributed by atoms with Crippen molar-refractivity contribution in [3.8, 4) is 0 Å². The van der Waals surface area contributed by atoms with Crippen LogP contribution in [0.5, 0.6) is 0 Å². The van der Waals surface area contributed by atoms with Gasteiger partial charge in [-0.15, -0.1) is 0 Å². The van der Waals surface area contributed by atoms with Crippen LogP contribution in [-0.2, 0) is 29.6 Å². The normalized spacial score (nSPS) is 21.2. The zero-order valence-electron chi connectivity index (χ0n) is 16.1. The predicted molar refractivity (Wildman–Crippen MR) is 117 cm³/mol. The molecule has 5 nitrogen and oxygen atoms in total. The lowest BCUT2D eigenvalue weighted by molar-refractivity contribution is -0.120. The second-order valence-corrected chi connectivity index (χ2v) is 9.32. The summed E-state index contributed by atoms with van der Waals surface area (Å²) in [6.07, 6.45) is 3.55. The second-order valence-electron chi connectivity index (χ2n) is 8.01. The van der Waals surface area contributed by atoms with E-state index in [4.69, 9.17) is 12.2 Å². The van der Waals surface area contributed by atoms with Crippen molar-refractivity contribution in [3.05, 3.63) is 80.3 Å². The van der Waals surface area contributed by atoms with Gasteiger partial charge < -0.3 is 14.9 Å². The molecule has 1 aromatic carbocycles. The molecule has 30 heavy (non-hydrogen) atoms. The van der Waals surface area contributed by atoms with E-state index in [2.05, 4.69) is 31.2 Å². The summed E-state index contributed by atoms with van der Waals surface area (Å²) in [6.45, 7) is 1.18. The first kappa shape index (κ1) is 19.6. The number of imidazole rings is 1. The van der Waals surface area contributed by atoms with E-state index in [1.165, 1.54) is 6.07 Å². The fourth-order valence-corrected chi connectivity index (χ4v) is 5.35. The minimum absolute atomic E-state index is 0.0580. The Bertz CT molecular complexity index is 1190. The highest BCUT2D eigenvalue weighted by atomic mass is 79.9. The van der Waals surface area contributed by atoms with Crippen molar-refractivity contribution in [2.24, 2.45) is 0 Å². The average molecular weight is 487 g/mol. The fourth-order valence-electron chi connectivity index (χ4n) is 4.70. The van der Waals surface area contributed by atoms with E-state index in [1.807, 2.05) is 28.8 Å². The number of nitrogens with one attached hydrogen (secondary N) is 2. The molecule has 1 amide bonds. The van der Waals surface area contributed by atoms with Gasteiger partial charge >= 0.3 is 0 Å². The Morgan fingerprint density at radius 3 is 3.07 bits per heavy atom. The number of benzene rings is 1. The van der Waals surface area contributed by atoms with Gasteiger partial charge in [-0.2, -0.15) is 0 Å². The molecule has 3 aromatic rings. The zero-order chi connectivity index (χ0) is 20.9. The van der Waals surface area contributed by atoms with E-state index in [0.717, 1.165) is 33.5 Å². The van der Waals surface area contributed by atoms with Crippen LogP contribution in [0.1, 0.15) is 35.0 Å². The number of carbonyl (C=O) groups excluding carboxylic acids is 1. The third-order valence-electron chi connectivity index (χ3n) is 6.18. The first-order chi connectivity index (χ1) is 14.5. The maximum atomic E-state index is 14.6. The topological polar surface area (TPSA) is 62.7 Å². The lowest BCUT2D eigenvalue weighted by Gasteiger charge is -2.14. The van der Waals surface area contributed by atoms with Crippen molar-refractivity contribution in [2.45, 2.75) is 37.1 Å². The van der Waals surface area contributed by atoms with Crippen molar-refractivity contribution in [1.29, 1.82) is 0 Å². The highest BCUT2D eigenvalue weighted by Crippen LogP contribution is 2.66. The monoisotopic (exact) mass is 486 g/mol. The van der Waals surface area contributed by atoms with Gasteiger partial charge in [-0.3, -0.25) is 9.78 Å². The standard InChI is InChI=1S/C22H20BrFN4OS/c23-13-4-5-17(24)15(9-13)22-11-16(22)20-18(27-21(30)28(20)12-22)10-19(29)26-8-6-14-3-1-2-7-25-14/h1-5,7,9,16H,6,8,10-12H2,(H,26,29)(H,27,30)/t16-,22+/m0/s1. The summed E-state index contributed by atoms with van der Waals surface area (Å²) in [7, 11) is 0. The summed E-state index contributed by atoms with van der Waals surface area (Å²) in [4.78, 5) is 20.0. The van der Waals surface area contributed by atoms with E-state index < -0.39 is 0 Å². The molecule has 2 N–H and O–H groups in total. The Hall–Kier alpha value is -2.32. The number of hydrogen-bond acceptors (Lipinski definition) is 3. The molecule has 0 saturated heterocycles. The smallest absolute Gasteiger partial charge is 0.226 e. The minimum atomic E-state index is -0.254. The highest BCUT2D eigenvalue weighted by Gasteiger charge is 2.63. The predicted octanol–water partition coefficient (Wildman–Crippen LogP) is 4.18. The number of H-pyrrole nitrogens is 1. The summed E-state index contributed by atoms with van der Waals surface area (Å²) in [6, 6.07) is 10.8. The number of aromatic amines is 1. The molecule has 1 aliphatic heterocycles. The molecule has 0 unspecified atom stereocenters. The Morgan fingerprint density at radius 1 is 1.40 bits per heavy atom. The lowest BCUT2D eigenvalue weighted by atomic mass is 9.93. The van der Waals surface area contributed by atoms with Gasteiger partial charge in [0.2, 0.25) is 5.91 Å². The molecule has 2 aromatic heterocycles. The third-order valence-corrected chi connectivity index (χ3v) is 7.00. The summed E-state index contributed by atoms with van der Waals surface area (Å²) < 4.78 is 18.1. The van der Waals surface area contributed by atoms with Crippen molar-refractivity contribution < 1.29 is 9.18 Å². The third kappa shape index (κ3) is 3.32. The summed E-state index contributed by atoms with van der Waals surface area (Å²) in [5.74, 6) is -0.0573. The van der Waals surface area contributed by atoms with Gasteiger partial charge in [-0.25, -0.2) is 4.39 Å². The van der Waals surface area contributed by atoms with Crippen LogP contribution in [0.2, 0.25) is 0 Å². The molecule has 1 fully saturated rings. The molecule has 5 rings (SSSR count). The maximum Gasteiger partial charge on any atom is 0.226 e. The van der Waals surface area contributed by atoms with Crippen LogP contribution >= 0.6 is 28.1 Å². The molecule has 2 atom stereocenters. The molecule has 0 spiro atoms. The van der Waals surface area contributed by atoms with Crippen molar-refractivity contribution in [3.63, 3.8) is 0 Å². The van der Waals surface area contributed by atoms with Gasteiger partial charge in [0.25, 0.3) is 0 Å². The summed E-state index contributed by atoms with van der Waals surface area (Å²) in [5, 5.41) is 2.96. The van der Waals surface area contributed by atoms with Crippen LogP contribution in [0.15, 0.2) is 47.1 Å². The molecule has 0 radical (unpaired) electrons. The van der Waals surface area contributed by atoms with Crippen LogP contribution in [0.3, 0.4) is 0 Å². The maximum absolute atomic E-state index is 14.6. The molecular weight excluding hydrogens is 467 g/mol. The number of hydrogen-bond donors (Lipinski definition) is 2. The Morgan fingerprint density at radius 2 is 2.27 bits per heavy atom. The Labute approximate surface area is 186 Å². The number of carbonyl (C=O) groups is 1. The van der Waals surface area contributed by atoms with E-state index in [9.17, 15) is 9.18 Å². The molecule has 8 heteroatoms. The van der Waals surface area contributed by atoms with Gasteiger partial charge in [0.1, 0.15) is 5.82 Å². The Balaban J connectivity index is 1.30. The number of pyridine rings is 1. The van der Waals surface area contributed by atoms with Gasteiger partial charge in [-0.05, 0) is 54.5 Å². The summed E-state index contributed by atoms with van der Waals surface area (Å²) >= 11 is 8.96. The minimum Gasteiger partial charge on any atom is -0.355 e. The number of amides is 1. The van der Waals surface area contributed by atoms with Crippen LogP contribution < -0.4 is 5.32 Å². The van der Waals surface area contributed by atoms with Crippen LogP contribution in [-0.4, -0.2) is 27.0 Å². The molecular formula is C22H20BrFN4OS. The quantitative estimate of drug-likeness (QED) is 0.513. The second kappa shape index (κ2) is 7.42. The van der Waals surface area contributed by atoms with Gasteiger partial charge in [0.15, 0.2) is 4.77 Å². The number of halogens is 2. The van der Waals surface area contributed by atoms with Gasteiger partial charge in [0.05, 0.1) is 6.42 Å². The highest BCUT2D eigenvalue weighted by molar-refractivity contribution is 9.10. The first-order valence-corrected chi connectivity index (χ1v) is 11.1. The van der Waals surface area contributed by atoms with E-state index in [1.54, 1.807) is 12.3 Å². The van der Waals surface area contributed by atoms with Crippen LogP contribution in [0, 0.1) is 10.6 Å². The number of fused-ring (bicyclic) bond motifs is 3. The van der Waals surface area contributed by atoms with Gasteiger partial charge in [-0.1, -0.05) is 22.0 Å². The van der Waals surface area contributed by atoms with Crippen molar-refractivity contribution in [1.82, 2.24) is 19.9 Å². The molecule has 1 aliphatic carbocycles. The molecule has 154 valence electrons. The van der Waals surface area contributed by atoms with E-state index >= 15 is 0 Å². The van der Waals surface area contributed by atoms with E-state index in [0.29, 0.717) is 24.3 Å². The van der Waals surface area contributed by atoms with Gasteiger partial charge in [0, 0.05) is 58.6 Å². The SMILES string of the molecule is O=C(Cc1[nH]c(=S)n2c1[C@@H]1C[C@]1(c1cc(Br)ccc1F)C2)NCCc1ccccn1. The molecule has 1 saturated carbocycles. The Kier molecular flexibility index (Phi) is 4.86. The first-order valence-electron chi connectivity index (χ1n) is 9.92. The number of rotatable bonds is 6. The number of aromatic nitrogens is 3. The molecule has 2 aliphatic rings. The average Bonchev–Trinajstić information content (AvgIpc) is 3.22. The van der Waals surface area contributed by atoms with Crippen molar-refractivity contribution >= 4 is 34.1 Å². The summed E-state index contributed by atoms with van der Waals surface area (Å²) in [5.41, 5.74) is 3.32. The molecule has 3 heterocycles. The number of nitrogens with zero attached hydrogens (tertiary/aromatic N) is 2. The molecule has 0 bridgehead atoms. The zero-order valence-corrected chi connectivity index (χ0v) is 18.5. The lowest BCUT2D eigenvalue weighted by Crippen LogP contribution is -2.27. The van der Waals surface area contributed by atoms with Crippen LogP contribution in [0.25, 0.3) is 0 Å². The van der Waals surface area contributed by atoms with Crippen LogP contribution in [0.4, 0.5) is 4.39 Å². The fraction of sp³-hybridized carbons (Fsp3) is 0.318. The van der Waals surface area contributed by atoms with Crippen molar-refractivity contribution in [2.75, 3.05) is 6.54 Å². The largest absolute Gasteiger partial charge is 0.355 e. The van der Waals surface area contributed by atoms with E-state index in [-0.39, 0.29) is 29.5 Å².